The summed E-state index contributed by atoms with van der Waals surface area (Å²) in [5.74, 6) is 0.553. The number of rotatable bonds is 3. The molecule has 1 aromatic rings. The molecule has 0 unspecified atom stereocenters. The lowest BCUT2D eigenvalue weighted by Gasteiger charge is -2.21. The number of nitrogens with one attached hydrogen (secondary N) is 1. The van der Waals surface area contributed by atoms with E-state index in [0.717, 1.165) is 16.9 Å². The van der Waals surface area contributed by atoms with Crippen molar-refractivity contribution in [2.75, 3.05) is 11.4 Å². The first-order valence-corrected chi connectivity index (χ1v) is 7.07. The molecule has 1 aromatic carbocycles. The number of allylic oxidation sites excluding steroid dienone is 2. The van der Waals surface area contributed by atoms with Gasteiger partial charge in [-0.3, -0.25) is 4.79 Å². The van der Waals surface area contributed by atoms with Crippen LogP contribution >= 0.6 is 0 Å². The number of hydrogen-bond acceptors (Lipinski definition) is 4. The number of anilines is 1. The predicted octanol–water partition coefficient (Wildman–Crippen LogP) is 2.83. The lowest BCUT2D eigenvalue weighted by molar-refractivity contribution is -0.116. The first kappa shape index (κ1) is 15.5. The molecule has 1 heterocycles. The van der Waals surface area contributed by atoms with Crippen LogP contribution in [0.3, 0.4) is 0 Å². The van der Waals surface area contributed by atoms with Gasteiger partial charge in [-0.05, 0) is 32.1 Å². The Kier molecular flexibility index (Phi) is 4.74. The first-order valence-electron chi connectivity index (χ1n) is 7.07. The molecular weight excluding hydrogens is 276 g/mol. The molecule has 2 rings (SSSR count). The van der Waals surface area contributed by atoms with E-state index in [9.17, 15) is 4.79 Å². The van der Waals surface area contributed by atoms with E-state index >= 15 is 0 Å². The van der Waals surface area contributed by atoms with Crippen molar-refractivity contribution in [3.63, 3.8) is 0 Å². The summed E-state index contributed by atoms with van der Waals surface area (Å²) in [6, 6.07) is 9.80. The molecule has 22 heavy (non-hydrogen) atoms. The molecule has 5 heteroatoms. The number of nitrogens with zero attached hydrogens (tertiary/aromatic N) is 3. The Labute approximate surface area is 130 Å². The number of carbonyl (C=O) groups is 1. The minimum Gasteiger partial charge on any atom is -0.339 e. The predicted molar refractivity (Wildman–Crippen MR) is 88.1 cm³/mol. The summed E-state index contributed by atoms with van der Waals surface area (Å²) in [5.41, 5.74) is 3.16. The summed E-state index contributed by atoms with van der Waals surface area (Å²) in [5, 5.41) is 12.1. The van der Waals surface area contributed by atoms with E-state index in [4.69, 9.17) is 5.26 Å². The number of amides is 1. The van der Waals surface area contributed by atoms with Gasteiger partial charge in [0.25, 0.3) is 0 Å². The molecule has 0 saturated carbocycles. The van der Waals surface area contributed by atoms with E-state index in [1.807, 2.05) is 37.3 Å². The van der Waals surface area contributed by atoms with Crippen molar-refractivity contribution >= 4 is 23.5 Å². The second-order valence-electron chi connectivity index (χ2n) is 4.88. The highest BCUT2D eigenvalue weighted by molar-refractivity contribution is 5.93. The zero-order valence-electron chi connectivity index (χ0n) is 12.9. The standard InChI is InChI=1S/C17H18N4O/c1-4-21(13(3)22)15-7-5-6-14(10-15)16-8-9-19-17(20-16)12(2)11-18/h5-10,20H,4H2,1-3H3/b17-12+. The smallest absolute Gasteiger partial charge is 0.223 e. The van der Waals surface area contributed by atoms with Crippen LogP contribution in [0.15, 0.2) is 46.7 Å². The minimum atomic E-state index is 0.00713. The summed E-state index contributed by atoms with van der Waals surface area (Å²) >= 11 is 0. The van der Waals surface area contributed by atoms with Crippen LogP contribution in [0.2, 0.25) is 0 Å². The van der Waals surface area contributed by atoms with Crippen LogP contribution in [0.25, 0.3) is 5.70 Å². The fourth-order valence-electron chi connectivity index (χ4n) is 2.23. The highest BCUT2D eigenvalue weighted by atomic mass is 16.2. The number of hydrogen-bond donors (Lipinski definition) is 1. The minimum absolute atomic E-state index is 0.00713. The van der Waals surface area contributed by atoms with Gasteiger partial charge >= 0.3 is 0 Å². The van der Waals surface area contributed by atoms with Gasteiger partial charge in [0.1, 0.15) is 5.82 Å². The second-order valence-corrected chi connectivity index (χ2v) is 4.88. The van der Waals surface area contributed by atoms with Crippen LogP contribution in [0.4, 0.5) is 5.69 Å². The lowest BCUT2D eigenvalue weighted by Crippen LogP contribution is -2.28. The van der Waals surface area contributed by atoms with Gasteiger partial charge in [-0.15, -0.1) is 0 Å². The average molecular weight is 294 g/mol. The maximum atomic E-state index is 11.7. The SMILES string of the molecule is CCN(C(C)=O)c1cccc(C2=CC=N/C(=C(/C)C#N)N2)c1. The number of carbonyl (C=O) groups excluding carboxylic acids is 1. The fourth-order valence-corrected chi connectivity index (χ4v) is 2.23. The van der Waals surface area contributed by atoms with Gasteiger partial charge in [-0.2, -0.15) is 5.26 Å². The highest BCUT2D eigenvalue weighted by Gasteiger charge is 2.13. The lowest BCUT2D eigenvalue weighted by atomic mass is 10.1. The molecule has 1 aliphatic heterocycles. The summed E-state index contributed by atoms with van der Waals surface area (Å²) in [6.45, 7) is 5.83. The summed E-state index contributed by atoms with van der Waals surface area (Å²) in [7, 11) is 0. The van der Waals surface area contributed by atoms with Crippen molar-refractivity contribution in [1.29, 1.82) is 5.26 Å². The van der Waals surface area contributed by atoms with Crippen molar-refractivity contribution in [3.05, 3.63) is 47.3 Å². The van der Waals surface area contributed by atoms with Crippen LogP contribution in [0.1, 0.15) is 26.3 Å². The molecule has 0 atom stereocenters. The monoisotopic (exact) mass is 294 g/mol. The molecule has 1 amide bonds. The molecule has 0 bridgehead atoms. The molecule has 1 N–H and O–H groups in total. The van der Waals surface area contributed by atoms with Gasteiger partial charge in [-0.25, -0.2) is 4.99 Å². The molecule has 5 nitrogen and oxygen atoms in total. The quantitative estimate of drug-likeness (QED) is 0.872. The Morgan fingerprint density at radius 3 is 2.82 bits per heavy atom. The molecule has 0 radical (unpaired) electrons. The van der Waals surface area contributed by atoms with Crippen molar-refractivity contribution in [2.24, 2.45) is 4.99 Å². The Bertz CT molecular complexity index is 722. The van der Waals surface area contributed by atoms with Crippen molar-refractivity contribution in [3.8, 4) is 6.07 Å². The summed E-state index contributed by atoms with van der Waals surface area (Å²) in [6.07, 6.45) is 3.51. The van der Waals surface area contributed by atoms with Crippen LogP contribution < -0.4 is 10.2 Å². The molecule has 0 aromatic heterocycles. The van der Waals surface area contributed by atoms with Crippen LogP contribution in [-0.2, 0) is 4.79 Å². The van der Waals surface area contributed by atoms with Gasteiger partial charge in [0.2, 0.25) is 5.91 Å². The Morgan fingerprint density at radius 1 is 1.41 bits per heavy atom. The van der Waals surface area contributed by atoms with E-state index in [1.54, 1.807) is 25.0 Å². The Morgan fingerprint density at radius 2 is 2.18 bits per heavy atom. The summed E-state index contributed by atoms with van der Waals surface area (Å²) < 4.78 is 0. The van der Waals surface area contributed by atoms with Crippen LogP contribution in [0.5, 0.6) is 0 Å². The van der Waals surface area contributed by atoms with Gasteiger partial charge < -0.3 is 10.2 Å². The molecule has 0 fully saturated rings. The molecule has 1 aliphatic rings. The Hall–Kier alpha value is -2.87. The van der Waals surface area contributed by atoms with E-state index in [-0.39, 0.29) is 5.91 Å². The molecule has 0 saturated heterocycles. The van der Waals surface area contributed by atoms with Gasteiger partial charge in [0.05, 0.1) is 11.6 Å². The molecule has 0 spiro atoms. The van der Waals surface area contributed by atoms with Crippen LogP contribution in [-0.4, -0.2) is 18.7 Å². The third kappa shape index (κ3) is 3.23. The fraction of sp³-hybridized carbons (Fsp3) is 0.235. The Balaban J connectivity index is 2.35. The highest BCUT2D eigenvalue weighted by Crippen LogP contribution is 2.23. The van der Waals surface area contributed by atoms with Crippen LogP contribution in [0, 0.1) is 11.3 Å². The normalized spacial score (nSPS) is 15.5. The first-order chi connectivity index (χ1) is 10.6. The second kappa shape index (κ2) is 6.72. The van der Waals surface area contributed by atoms with E-state index in [2.05, 4.69) is 16.4 Å². The van der Waals surface area contributed by atoms with Crippen molar-refractivity contribution < 1.29 is 4.79 Å². The van der Waals surface area contributed by atoms with Gasteiger partial charge in [0, 0.05) is 36.6 Å². The topological polar surface area (TPSA) is 68.5 Å². The maximum absolute atomic E-state index is 11.7. The van der Waals surface area contributed by atoms with Gasteiger partial charge in [-0.1, -0.05) is 12.1 Å². The van der Waals surface area contributed by atoms with E-state index in [0.29, 0.717) is 17.9 Å². The van der Waals surface area contributed by atoms with Crippen molar-refractivity contribution in [2.45, 2.75) is 20.8 Å². The third-order valence-electron chi connectivity index (χ3n) is 3.39. The van der Waals surface area contributed by atoms with E-state index < -0.39 is 0 Å². The number of benzene rings is 1. The van der Waals surface area contributed by atoms with E-state index in [1.165, 1.54) is 0 Å². The van der Waals surface area contributed by atoms with Crippen molar-refractivity contribution in [1.82, 2.24) is 5.32 Å². The number of nitriles is 1. The largest absolute Gasteiger partial charge is 0.339 e. The number of aliphatic imine (C=N–C) groups is 1. The average Bonchev–Trinajstić information content (AvgIpc) is 2.55. The third-order valence-corrected chi connectivity index (χ3v) is 3.39. The molecule has 112 valence electrons. The summed E-state index contributed by atoms with van der Waals surface area (Å²) in [4.78, 5) is 17.5. The maximum Gasteiger partial charge on any atom is 0.223 e. The molecular formula is C17H18N4O. The zero-order chi connectivity index (χ0) is 16.1. The molecule has 0 aliphatic carbocycles. The zero-order valence-corrected chi connectivity index (χ0v) is 12.9. The van der Waals surface area contributed by atoms with Gasteiger partial charge in [0.15, 0.2) is 0 Å².